The summed E-state index contributed by atoms with van der Waals surface area (Å²) in [6, 6.07) is 0.452. The lowest BCUT2D eigenvalue weighted by Gasteiger charge is -2.25. The van der Waals surface area contributed by atoms with Crippen molar-refractivity contribution in [1.29, 1.82) is 0 Å². The van der Waals surface area contributed by atoms with Crippen LogP contribution in [0.1, 0.15) is 19.8 Å². The van der Waals surface area contributed by atoms with E-state index in [1.807, 2.05) is 0 Å². The number of hydrogen-bond acceptors (Lipinski definition) is 3. The second kappa shape index (κ2) is 3.72. The maximum atomic E-state index is 11.1. The van der Waals surface area contributed by atoms with Gasteiger partial charge in [-0.05, 0) is 26.3 Å². The van der Waals surface area contributed by atoms with Crippen LogP contribution in [0.3, 0.4) is 0 Å². The van der Waals surface area contributed by atoms with Gasteiger partial charge >= 0.3 is 5.97 Å². The topological polar surface area (TPSA) is 38.3 Å². The Labute approximate surface area is 67.1 Å². The summed E-state index contributed by atoms with van der Waals surface area (Å²) in [4.78, 5) is 11.1. The summed E-state index contributed by atoms with van der Waals surface area (Å²) in [6.45, 7) is 3.02. The van der Waals surface area contributed by atoms with E-state index in [1.165, 1.54) is 7.11 Å². The minimum Gasteiger partial charge on any atom is -0.469 e. The molecule has 1 aliphatic heterocycles. The van der Waals surface area contributed by atoms with Crippen molar-refractivity contribution in [3.8, 4) is 0 Å². The zero-order valence-corrected chi connectivity index (χ0v) is 7.09. The summed E-state index contributed by atoms with van der Waals surface area (Å²) in [7, 11) is 1.45. The first kappa shape index (κ1) is 8.53. The number of hydrogen-bond donors (Lipinski definition) is 1. The molecule has 3 nitrogen and oxygen atoms in total. The van der Waals surface area contributed by atoms with Gasteiger partial charge in [-0.25, -0.2) is 0 Å². The highest BCUT2D eigenvalue weighted by Gasteiger charge is 2.24. The van der Waals surface area contributed by atoms with Gasteiger partial charge in [0.25, 0.3) is 0 Å². The van der Waals surface area contributed by atoms with Gasteiger partial charge in [-0.1, -0.05) is 0 Å². The Morgan fingerprint density at radius 3 is 2.91 bits per heavy atom. The molecule has 3 heteroatoms. The molecule has 0 aromatic heterocycles. The molecule has 1 saturated heterocycles. The summed E-state index contributed by atoms with van der Waals surface area (Å²) in [6.07, 6.45) is 1.82. The molecular formula is C8H15NO2. The van der Waals surface area contributed by atoms with Crippen LogP contribution >= 0.6 is 0 Å². The highest BCUT2D eigenvalue weighted by molar-refractivity contribution is 5.72. The zero-order chi connectivity index (χ0) is 8.27. The molecule has 0 radical (unpaired) electrons. The number of carbonyl (C=O) groups excluding carboxylic acids is 1. The molecule has 0 spiro atoms. The Hall–Kier alpha value is -0.570. The van der Waals surface area contributed by atoms with Crippen LogP contribution in [0, 0.1) is 5.92 Å². The first-order valence-electron chi connectivity index (χ1n) is 4.05. The van der Waals surface area contributed by atoms with Crippen molar-refractivity contribution in [2.45, 2.75) is 25.8 Å². The van der Waals surface area contributed by atoms with E-state index in [-0.39, 0.29) is 11.9 Å². The third-order valence-electron chi connectivity index (χ3n) is 2.16. The number of nitrogens with one attached hydrogen (secondary N) is 1. The van der Waals surface area contributed by atoms with E-state index in [0.717, 1.165) is 19.4 Å². The summed E-state index contributed by atoms with van der Waals surface area (Å²) in [5.74, 6) is 0.0644. The Kier molecular flexibility index (Phi) is 2.88. The predicted octanol–water partition coefficient (Wildman–Crippen LogP) is 0.547. The maximum absolute atomic E-state index is 11.1. The molecular weight excluding hydrogens is 142 g/mol. The highest BCUT2D eigenvalue weighted by Crippen LogP contribution is 2.16. The van der Waals surface area contributed by atoms with E-state index >= 15 is 0 Å². The lowest BCUT2D eigenvalue weighted by atomic mass is 9.93. The maximum Gasteiger partial charge on any atom is 0.308 e. The van der Waals surface area contributed by atoms with E-state index in [0.29, 0.717) is 6.04 Å². The monoisotopic (exact) mass is 157 g/mol. The summed E-state index contributed by atoms with van der Waals surface area (Å²) < 4.78 is 4.67. The Morgan fingerprint density at radius 1 is 1.64 bits per heavy atom. The van der Waals surface area contributed by atoms with Crippen molar-refractivity contribution in [2.75, 3.05) is 13.7 Å². The number of rotatable bonds is 1. The van der Waals surface area contributed by atoms with Crippen molar-refractivity contribution in [3.63, 3.8) is 0 Å². The van der Waals surface area contributed by atoms with Gasteiger partial charge in [0.15, 0.2) is 0 Å². The van der Waals surface area contributed by atoms with Crippen LogP contribution < -0.4 is 5.32 Å². The molecule has 1 heterocycles. The molecule has 0 aliphatic carbocycles. The van der Waals surface area contributed by atoms with E-state index in [9.17, 15) is 4.79 Å². The molecule has 0 amide bonds. The standard InChI is InChI=1S/C8H15NO2/c1-6-5-7(3-4-9-6)8(10)11-2/h6-7,9H,3-5H2,1-2H3/t6-,7?/m1/s1. The fourth-order valence-corrected chi connectivity index (χ4v) is 1.51. The van der Waals surface area contributed by atoms with E-state index in [4.69, 9.17) is 0 Å². The average Bonchev–Trinajstić information content (AvgIpc) is 2.03. The molecule has 1 fully saturated rings. The number of methoxy groups -OCH3 is 1. The Bertz CT molecular complexity index is 147. The molecule has 1 N–H and O–H groups in total. The van der Waals surface area contributed by atoms with E-state index in [1.54, 1.807) is 0 Å². The molecule has 1 unspecified atom stereocenters. The Morgan fingerprint density at radius 2 is 2.36 bits per heavy atom. The van der Waals surface area contributed by atoms with Gasteiger partial charge in [-0.3, -0.25) is 4.79 Å². The first-order chi connectivity index (χ1) is 5.24. The zero-order valence-electron chi connectivity index (χ0n) is 7.09. The van der Waals surface area contributed by atoms with E-state index in [2.05, 4.69) is 17.0 Å². The normalized spacial score (nSPS) is 31.5. The molecule has 11 heavy (non-hydrogen) atoms. The summed E-state index contributed by atoms with van der Waals surface area (Å²) in [5, 5.41) is 3.28. The summed E-state index contributed by atoms with van der Waals surface area (Å²) in [5.41, 5.74) is 0. The number of carbonyl (C=O) groups is 1. The van der Waals surface area contributed by atoms with Crippen LogP contribution in [-0.2, 0) is 9.53 Å². The van der Waals surface area contributed by atoms with Gasteiger partial charge in [0, 0.05) is 6.04 Å². The van der Waals surface area contributed by atoms with Crippen molar-refractivity contribution >= 4 is 5.97 Å². The number of piperidine rings is 1. The van der Waals surface area contributed by atoms with Crippen LogP contribution in [0.4, 0.5) is 0 Å². The molecule has 0 bridgehead atoms. The van der Waals surface area contributed by atoms with Gasteiger partial charge in [-0.2, -0.15) is 0 Å². The third-order valence-corrected chi connectivity index (χ3v) is 2.16. The minimum absolute atomic E-state index is 0.0571. The summed E-state index contributed by atoms with van der Waals surface area (Å²) >= 11 is 0. The van der Waals surface area contributed by atoms with Gasteiger partial charge in [-0.15, -0.1) is 0 Å². The highest BCUT2D eigenvalue weighted by atomic mass is 16.5. The molecule has 0 aromatic rings. The molecule has 1 rings (SSSR count). The second-order valence-electron chi connectivity index (χ2n) is 3.10. The molecule has 2 atom stereocenters. The number of ether oxygens (including phenoxy) is 1. The first-order valence-corrected chi connectivity index (χ1v) is 4.05. The SMILES string of the molecule is COC(=O)C1CCN[C@H](C)C1. The van der Waals surface area contributed by atoms with Gasteiger partial charge < -0.3 is 10.1 Å². The Balaban J connectivity index is 2.39. The van der Waals surface area contributed by atoms with Gasteiger partial charge in [0.2, 0.25) is 0 Å². The third kappa shape index (κ3) is 2.19. The fraction of sp³-hybridized carbons (Fsp3) is 0.875. The lowest BCUT2D eigenvalue weighted by Crippen LogP contribution is -2.38. The molecule has 1 aliphatic rings. The minimum atomic E-state index is -0.0571. The van der Waals surface area contributed by atoms with Crippen molar-refractivity contribution in [3.05, 3.63) is 0 Å². The predicted molar refractivity (Wildman–Crippen MR) is 42.2 cm³/mol. The average molecular weight is 157 g/mol. The fourth-order valence-electron chi connectivity index (χ4n) is 1.51. The van der Waals surface area contributed by atoms with E-state index < -0.39 is 0 Å². The van der Waals surface area contributed by atoms with Crippen LogP contribution in [0.25, 0.3) is 0 Å². The van der Waals surface area contributed by atoms with Crippen molar-refractivity contribution < 1.29 is 9.53 Å². The number of esters is 1. The van der Waals surface area contributed by atoms with Crippen LogP contribution in [-0.4, -0.2) is 25.7 Å². The van der Waals surface area contributed by atoms with Crippen LogP contribution in [0.5, 0.6) is 0 Å². The van der Waals surface area contributed by atoms with Gasteiger partial charge in [0.1, 0.15) is 0 Å². The quantitative estimate of drug-likeness (QED) is 0.565. The largest absolute Gasteiger partial charge is 0.469 e. The molecule has 64 valence electrons. The lowest BCUT2D eigenvalue weighted by molar-refractivity contribution is -0.146. The van der Waals surface area contributed by atoms with Crippen LogP contribution in [0.2, 0.25) is 0 Å². The van der Waals surface area contributed by atoms with Crippen molar-refractivity contribution in [2.24, 2.45) is 5.92 Å². The van der Waals surface area contributed by atoms with Gasteiger partial charge in [0.05, 0.1) is 13.0 Å². The van der Waals surface area contributed by atoms with Crippen LogP contribution in [0.15, 0.2) is 0 Å². The molecule has 0 saturated carbocycles. The molecule has 0 aromatic carbocycles. The van der Waals surface area contributed by atoms with Crippen molar-refractivity contribution in [1.82, 2.24) is 5.32 Å². The second-order valence-corrected chi connectivity index (χ2v) is 3.10. The smallest absolute Gasteiger partial charge is 0.308 e.